The van der Waals surface area contributed by atoms with Crippen LogP contribution in [-0.4, -0.2) is 37.0 Å². The predicted molar refractivity (Wildman–Crippen MR) is 181 cm³/mol. The van der Waals surface area contributed by atoms with Gasteiger partial charge in [-0.25, -0.2) is 0 Å². The van der Waals surface area contributed by atoms with E-state index in [1.54, 1.807) is 6.07 Å². The fourth-order valence-corrected chi connectivity index (χ4v) is 6.19. The summed E-state index contributed by atoms with van der Waals surface area (Å²) in [6.07, 6.45) is 5.01. The number of aryl methyl sites for hydroxylation is 1. The van der Waals surface area contributed by atoms with Crippen molar-refractivity contribution >= 4 is 17.5 Å². The van der Waals surface area contributed by atoms with Crippen molar-refractivity contribution in [3.8, 4) is 17.4 Å². The number of rotatable bonds is 12. The van der Waals surface area contributed by atoms with E-state index in [0.29, 0.717) is 40.8 Å². The van der Waals surface area contributed by atoms with Crippen LogP contribution in [0.2, 0.25) is 5.02 Å². The van der Waals surface area contributed by atoms with E-state index < -0.39 is 0 Å². The molecule has 0 spiro atoms. The van der Waals surface area contributed by atoms with Gasteiger partial charge in [0.2, 0.25) is 0 Å². The van der Waals surface area contributed by atoms with Crippen molar-refractivity contribution in [1.82, 2.24) is 15.5 Å². The number of nitrogens with one attached hydrogen (secondary N) is 2. The Morgan fingerprint density at radius 2 is 1.78 bits per heavy atom. The van der Waals surface area contributed by atoms with Gasteiger partial charge in [-0.15, -0.1) is 0 Å². The summed E-state index contributed by atoms with van der Waals surface area (Å²) in [5.74, 6) is 1.98. The predicted octanol–water partition coefficient (Wildman–Crippen LogP) is 8.09. The van der Waals surface area contributed by atoms with Crippen LogP contribution in [0.1, 0.15) is 77.0 Å². The van der Waals surface area contributed by atoms with Crippen molar-refractivity contribution in [1.29, 1.82) is 5.26 Å². The van der Waals surface area contributed by atoms with E-state index in [0.717, 1.165) is 42.8 Å². The maximum absolute atomic E-state index is 13.7. The van der Waals surface area contributed by atoms with Gasteiger partial charge in [-0.2, -0.15) is 5.26 Å². The van der Waals surface area contributed by atoms with E-state index in [1.165, 1.54) is 24.0 Å². The molecule has 1 fully saturated rings. The zero-order chi connectivity index (χ0) is 31.8. The number of nitrogens with zero attached hydrogens (tertiary/aromatic N) is 2. The third-order valence-corrected chi connectivity index (χ3v) is 9.31. The van der Waals surface area contributed by atoms with Gasteiger partial charge < -0.3 is 20.0 Å². The molecule has 2 atom stereocenters. The Hall–Kier alpha value is -3.89. The first-order valence-electron chi connectivity index (χ1n) is 15.9. The van der Waals surface area contributed by atoms with Crippen molar-refractivity contribution in [3.63, 3.8) is 0 Å². The zero-order valence-corrected chi connectivity index (χ0v) is 27.2. The van der Waals surface area contributed by atoms with Gasteiger partial charge in [0.1, 0.15) is 11.5 Å². The first-order valence-corrected chi connectivity index (χ1v) is 16.3. The number of benzene rings is 3. The molecule has 0 aliphatic carbocycles. The van der Waals surface area contributed by atoms with Crippen LogP contribution in [-0.2, 0) is 13.0 Å². The Bertz CT molecular complexity index is 1600. The second-order valence-corrected chi connectivity index (χ2v) is 12.9. The summed E-state index contributed by atoms with van der Waals surface area (Å²) in [6, 6.07) is 27.8. The van der Waals surface area contributed by atoms with Crippen molar-refractivity contribution in [2.24, 2.45) is 5.92 Å². The number of furan rings is 1. The van der Waals surface area contributed by atoms with Gasteiger partial charge in [0.05, 0.1) is 28.8 Å². The highest BCUT2D eigenvalue weighted by Crippen LogP contribution is 2.28. The molecule has 2 N–H and O–H groups in total. The molecule has 2 heterocycles. The zero-order valence-electron chi connectivity index (χ0n) is 26.5. The summed E-state index contributed by atoms with van der Waals surface area (Å²) in [5.41, 5.74) is 5.43. The Morgan fingerprint density at radius 1 is 1.04 bits per heavy atom. The molecule has 1 aliphatic heterocycles. The second kappa shape index (κ2) is 15.4. The van der Waals surface area contributed by atoms with Crippen LogP contribution in [0.25, 0.3) is 11.3 Å². The monoisotopic (exact) mass is 622 g/mol. The smallest absolute Gasteiger partial charge is 0.253 e. The quantitative estimate of drug-likeness (QED) is 0.167. The highest BCUT2D eigenvalue weighted by molar-refractivity contribution is 6.34. The van der Waals surface area contributed by atoms with E-state index in [9.17, 15) is 10.1 Å². The van der Waals surface area contributed by atoms with E-state index in [1.807, 2.05) is 48.5 Å². The molecule has 1 aliphatic rings. The minimum Gasteiger partial charge on any atom is -0.460 e. The number of carbonyl (C=O) groups excluding carboxylic acids is 1. The Balaban J connectivity index is 1.25. The van der Waals surface area contributed by atoms with E-state index >= 15 is 0 Å². The highest BCUT2D eigenvalue weighted by Gasteiger charge is 2.22. The average Bonchev–Trinajstić information content (AvgIpc) is 3.53. The standard InChI is InChI=1S/C38H43ClN4O2/c1-26-4-11-31(12-5-26)27(2)41-25-34-15-17-37(45-34)32-13-16-36(39)35(23-32)38(44)42-33(14-10-28-18-20-43(3)21-19-28)22-29-6-8-30(24-40)9-7-29/h4-9,11-13,15-17,23,27-28,33,41H,10,14,18-22,25H2,1-3H3,(H,42,44)/t27-,33+/m1/s1. The molecule has 1 amide bonds. The van der Waals surface area contributed by atoms with Gasteiger partial charge >= 0.3 is 0 Å². The molecule has 45 heavy (non-hydrogen) atoms. The van der Waals surface area contributed by atoms with Crippen LogP contribution in [0, 0.1) is 24.2 Å². The fraction of sp³-hybridized carbons (Fsp3) is 0.368. The van der Waals surface area contributed by atoms with Crippen molar-refractivity contribution in [2.75, 3.05) is 20.1 Å². The molecule has 0 bridgehead atoms. The summed E-state index contributed by atoms with van der Waals surface area (Å²) in [4.78, 5) is 16.1. The van der Waals surface area contributed by atoms with Crippen LogP contribution in [0.4, 0.5) is 0 Å². The topological polar surface area (TPSA) is 81.3 Å². The summed E-state index contributed by atoms with van der Waals surface area (Å²) in [5, 5.41) is 16.4. The lowest BCUT2D eigenvalue weighted by molar-refractivity contribution is 0.0932. The summed E-state index contributed by atoms with van der Waals surface area (Å²) < 4.78 is 6.18. The van der Waals surface area contributed by atoms with Crippen LogP contribution >= 0.6 is 11.6 Å². The van der Waals surface area contributed by atoms with Crippen LogP contribution in [0.3, 0.4) is 0 Å². The highest BCUT2D eigenvalue weighted by atomic mass is 35.5. The number of likely N-dealkylation sites (tertiary alicyclic amines) is 1. The largest absolute Gasteiger partial charge is 0.460 e. The number of halogens is 1. The SMILES string of the molecule is Cc1ccc([C@@H](C)NCc2ccc(-c3ccc(Cl)c(C(=O)N[C@@H](CCC4CCN(C)CC4)Cc4ccc(C#N)cc4)c3)o2)cc1. The Labute approximate surface area is 272 Å². The average molecular weight is 623 g/mol. The van der Waals surface area contributed by atoms with Crippen LogP contribution < -0.4 is 10.6 Å². The molecule has 0 unspecified atom stereocenters. The molecule has 1 aromatic heterocycles. The number of piperidine rings is 1. The molecular weight excluding hydrogens is 580 g/mol. The molecule has 4 aromatic rings. The molecule has 5 rings (SSSR count). The van der Waals surface area contributed by atoms with Gasteiger partial charge in [0.25, 0.3) is 5.91 Å². The molecule has 1 saturated heterocycles. The maximum Gasteiger partial charge on any atom is 0.253 e. The number of carbonyl (C=O) groups is 1. The molecule has 7 heteroatoms. The van der Waals surface area contributed by atoms with Crippen molar-refractivity contribution in [3.05, 3.63) is 117 Å². The summed E-state index contributed by atoms with van der Waals surface area (Å²) >= 11 is 6.59. The first kappa shape index (κ1) is 32.5. The lowest BCUT2D eigenvalue weighted by Crippen LogP contribution is -2.37. The lowest BCUT2D eigenvalue weighted by Gasteiger charge is -2.30. The lowest BCUT2D eigenvalue weighted by atomic mass is 9.89. The van der Waals surface area contributed by atoms with Gasteiger partial charge in [-0.05, 0) is 126 Å². The number of nitriles is 1. The van der Waals surface area contributed by atoms with Gasteiger partial charge in [-0.1, -0.05) is 53.6 Å². The molecular formula is C38H43ClN4O2. The minimum absolute atomic E-state index is 0.0541. The van der Waals surface area contributed by atoms with E-state index in [4.69, 9.17) is 16.0 Å². The van der Waals surface area contributed by atoms with Gasteiger partial charge in [0, 0.05) is 17.6 Å². The summed E-state index contributed by atoms with van der Waals surface area (Å²) in [7, 11) is 2.18. The molecule has 0 radical (unpaired) electrons. The number of hydrogen-bond donors (Lipinski definition) is 2. The molecule has 234 valence electrons. The van der Waals surface area contributed by atoms with Crippen LogP contribution in [0.15, 0.2) is 83.3 Å². The van der Waals surface area contributed by atoms with E-state index in [2.05, 4.69) is 66.8 Å². The summed E-state index contributed by atoms with van der Waals surface area (Å²) in [6.45, 7) is 7.06. The number of amides is 1. The van der Waals surface area contributed by atoms with Crippen molar-refractivity contribution in [2.45, 2.75) is 64.6 Å². The van der Waals surface area contributed by atoms with Gasteiger partial charge in [-0.3, -0.25) is 4.79 Å². The Kier molecular flexibility index (Phi) is 11.1. The first-order chi connectivity index (χ1) is 21.8. The molecule has 3 aromatic carbocycles. The van der Waals surface area contributed by atoms with Crippen LogP contribution in [0.5, 0.6) is 0 Å². The molecule has 6 nitrogen and oxygen atoms in total. The normalized spacial score (nSPS) is 15.4. The van der Waals surface area contributed by atoms with E-state index in [-0.39, 0.29) is 18.0 Å². The minimum atomic E-state index is -0.191. The molecule has 0 saturated carbocycles. The third kappa shape index (κ3) is 9.08. The Morgan fingerprint density at radius 3 is 2.49 bits per heavy atom. The second-order valence-electron chi connectivity index (χ2n) is 12.5. The van der Waals surface area contributed by atoms with Gasteiger partial charge in [0.15, 0.2) is 0 Å². The fourth-order valence-electron chi connectivity index (χ4n) is 5.98. The third-order valence-electron chi connectivity index (χ3n) is 8.98. The maximum atomic E-state index is 13.7. The number of hydrogen-bond acceptors (Lipinski definition) is 5. The van der Waals surface area contributed by atoms with Crippen molar-refractivity contribution < 1.29 is 9.21 Å².